The molecule has 0 amide bonds. The molecule has 0 aliphatic heterocycles. The number of imidazole rings is 1. The van der Waals surface area contributed by atoms with E-state index < -0.39 is 0 Å². The Bertz CT molecular complexity index is 592. The first kappa shape index (κ1) is 15.5. The molecule has 0 spiro atoms. The summed E-state index contributed by atoms with van der Waals surface area (Å²) >= 11 is 12.2. The Labute approximate surface area is 129 Å². The third kappa shape index (κ3) is 3.25. The van der Waals surface area contributed by atoms with Crippen molar-refractivity contribution in [2.24, 2.45) is 0 Å². The van der Waals surface area contributed by atoms with Crippen LogP contribution in [0.2, 0.25) is 5.02 Å². The van der Waals surface area contributed by atoms with E-state index >= 15 is 0 Å². The lowest BCUT2D eigenvalue weighted by Gasteiger charge is -2.21. The lowest BCUT2D eigenvalue weighted by molar-refractivity contribution is 0.263. The minimum atomic E-state index is -0.160. The van der Waals surface area contributed by atoms with E-state index in [1.807, 2.05) is 13.0 Å². The molecule has 0 N–H and O–H groups in total. The summed E-state index contributed by atoms with van der Waals surface area (Å²) in [6, 6.07) is 2.33. The molecule has 0 saturated heterocycles. The summed E-state index contributed by atoms with van der Waals surface area (Å²) in [4.78, 5) is 11.2. The maximum Gasteiger partial charge on any atom is 0.160 e. The van der Waals surface area contributed by atoms with Gasteiger partial charge in [-0.2, -0.15) is 0 Å². The molecule has 2 aromatic rings. The van der Waals surface area contributed by atoms with Crippen molar-refractivity contribution >= 4 is 34.4 Å². The number of alkyl halides is 1. The van der Waals surface area contributed by atoms with E-state index in [1.54, 1.807) is 6.20 Å². The second kappa shape index (κ2) is 6.29. The number of pyridine rings is 1. The van der Waals surface area contributed by atoms with Crippen LogP contribution in [0.25, 0.3) is 11.2 Å². The molecule has 0 radical (unpaired) electrons. The van der Waals surface area contributed by atoms with Crippen molar-refractivity contribution in [1.82, 2.24) is 19.4 Å². The first-order valence-corrected chi connectivity index (χ1v) is 7.57. The molecule has 0 aromatic carbocycles. The highest BCUT2D eigenvalue weighted by Gasteiger charge is 2.16. The average Bonchev–Trinajstić information content (AvgIpc) is 2.73. The number of hydrogen-bond donors (Lipinski definition) is 0. The topological polar surface area (TPSA) is 34.0 Å². The van der Waals surface area contributed by atoms with Crippen LogP contribution in [0.1, 0.15) is 32.0 Å². The Kier molecular flexibility index (Phi) is 4.89. The van der Waals surface area contributed by atoms with Gasteiger partial charge in [0.15, 0.2) is 5.65 Å². The monoisotopic (exact) mass is 314 g/mol. The summed E-state index contributed by atoms with van der Waals surface area (Å²) in [5.74, 6) is 0.841. The lowest BCUT2D eigenvalue weighted by atomic mass is 10.3. The van der Waals surface area contributed by atoms with Crippen LogP contribution in [0.5, 0.6) is 0 Å². The van der Waals surface area contributed by atoms with Gasteiger partial charge in [0.1, 0.15) is 11.3 Å². The first-order valence-electron chi connectivity index (χ1n) is 6.76. The maximum absolute atomic E-state index is 6.24. The number of aromatic nitrogens is 3. The normalized spacial score (nSPS) is 13.6. The number of likely N-dealkylation sites (N-methyl/N-ethyl adjacent to an activating group) is 1. The average molecular weight is 315 g/mol. The highest BCUT2D eigenvalue weighted by Crippen LogP contribution is 2.25. The zero-order chi connectivity index (χ0) is 14.9. The highest BCUT2D eigenvalue weighted by molar-refractivity contribution is 6.31. The van der Waals surface area contributed by atoms with Gasteiger partial charge in [-0.05, 0) is 33.9 Å². The molecule has 2 heterocycles. The number of halogens is 2. The highest BCUT2D eigenvalue weighted by atomic mass is 35.5. The molecule has 4 nitrogen and oxygen atoms in total. The van der Waals surface area contributed by atoms with E-state index in [0.717, 1.165) is 30.1 Å². The molecular formula is C14H20Cl2N4. The Morgan fingerprint density at radius 2 is 2.05 bits per heavy atom. The Morgan fingerprint density at radius 3 is 2.65 bits per heavy atom. The molecule has 0 bridgehead atoms. The fourth-order valence-electron chi connectivity index (χ4n) is 2.04. The van der Waals surface area contributed by atoms with Gasteiger partial charge in [0.05, 0.1) is 10.4 Å². The summed E-state index contributed by atoms with van der Waals surface area (Å²) in [6.07, 6.45) is 1.65. The van der Waals surface area contributed by atoms with E-state index in [0.29, 0.717) is 11.1 Å². The van der Waals surface area contributed by atoms with Gasteiger partial charge in [-0.25, -0.2) is 9.97 Å². The Hall–Kier alpha value is -0.840. The third-order valence-electron chi connectivity index (χ3n) is 3.49. The van der Waals surface area contributed by atoms with Gasteiger partial charge >= 0.3 is 0 Å². The largest absolute Gasteiger partial charge is 0.310 e. The van der Waals surface area contributed by atoms with Crippen molar-refractivity contribution in [3.8, 4) is 0 Å². The lowest BCUT2D eigenvalue weighted by Crippen LogP contribution is -2.30. The molecule has 0 aliphatic rings. The van der Waals surface area contributed by atoms with Gasteiger partial charge in [0.2, 0.25) is 0 Å². The smallest absolute Gasteiger partial charge is 0.160 e. The molecule has 6 heteroatoms. The van der Waals surface area contributed by atoms with E-state index in [-0.39, 0.29) is 5.38 Å². The predicted molar refractivity (Wildman–Crippen MR) is 84.6 cm³/mol. The molecule has 2 rings (SSSR count). The van der Waals surface area contributed by atoms with Crippen molar-refractivity contribution < 1.29 is 0 Å². The van der Waals surface area contributed by atoms with E-state index in [9.17, 15) is 0 Å². The van der Waals surface area contributed by atoms with Crippen molar-refractivity contribution in [2.45, 2.75) is 38.7 Å². The summed E-state index contributed by atoms with van der Waals surface area (Å²) in [5.41, 5.74) is 1.64. The fourth-order valence-corrected chi connectivity index (χ4v) is 2.36. The molecule has 1 atom stereocenters. The van der Waals surface area contributed by atoms with Crippen LogP contribution in [0, 0.1) is 0 Å². The van der Waals surface area contributed by atoms with Gasteiger partial charge < -0.3 is 9.47 Å². The van der Waals surface area contributed by atoms with Crippen molar-refractivity contribution in [3.63, 3.8) is 0 Å². The summed E-state index contributed by atoms with van der Waals surface area (Å²) in [6.45, 7) is 8.01. The Morgan fingerprint density at radius 1 is 1.35 bits per heavy atom. The van der Waals surface area contributed by atoms with Crippen molar-refractivity contribution in [2.75, 3.05) is 13.6 Å². The number of rotatable bonds is 5. The Balaban J connectivity index is 2.36. The SMILES string of the molecule is CC(Cl)c1nc2cc(Cl)cnc2n1CCN(C)C(C)C. The molecular weight excluding hydrogens is 295 g/mol. The molecule has 1 unspecified atom stereocenters. The molecule has 0 fully saturated rings. The van der Waals surface area contributed by atoms with Crippen LogP contribution < -0.4 is 0 Å². The van der Waals surface area contributed by atoms with E-state index in [1.165, 1.54) is 0 Å². The summed E-state index contributed by atoms with van der Waals surface area (Å²) in [5, 5.41) is 0.433. The standard InChI is InChI=1S/C14H20Cl2N4/c1-9(2)19(4)5-6-20-13(10(3)15)18-12-7-11(16)8-17-14(12)20/h7-10H,5-6H2,1-4H3. The van der Waals surface area contributed by atoms with Crippen LogP contribution in [0.3, 0.4) is 0 Å². The zero-order valence-corrected chi connectivity index (χ0v) is 13.8. The van der Waals surface area contributed by atoms with E-state index in [4.69, 9.17) is 23.2 Å². The van der Waals surface area contributed by atoms with Gasteiger partial charge in [-0.15, -0.1) is 11.6 Å². The maximum atomic E-state index is 6.24. The fraction of sp³-hybridized carbons (Fsp3) is 0.571. The van der Waals surface area contributed by atoms with Crippen LogP contribution in [-0.2, 0) is 6.54 Å². The molecule has 0 aliphatic carbocycles. The first-order chi connectivity index (χ1) is 9.40. The van der Waals surface area contributed by atoms with Crippen LogP contribution >= 0.6 is 23.2 Å². The second-order valence-corrected chi connectivity index (χ2v) is 6.40. The second-order valence-electron chi connectivity index (χ2n) is 5.31. The van der Waals surface area contributed by atoms with Gasteiger partial charge in [0, 0.05) is 25.3 Å². The molecule has 0 saturated carbocycles. The van der Waals surface area contributed by atoms with Gasteiger partial charge in [0.25, 0.3) is 0 Å². The molecule has 20 heavy (non-hydrogen) atoms. The van der Waals surface area contributed by atoms with Gasteiger partial charge in [-0.1, -0.05) is 11.6 Å². The van der Waals surface area contributed by atoms with Crippen LogP contribution in [0.15, 0.2) is 12.3 Å². The number of hydrogen-bond acceptors (Lipinski definition) is 3. The quantitative estimate of drug-likeness (QED) is 0.789. The minimum absolute atomic E-state index is 0.160. The van der Waals surface area contributed by atoms with Crippen LogP contribution in [0.4, 0.5) is 0 Å². The zero-order valence-electron chi connectivity index (χ0n) is 12.3. The van der Waals surface area contributed by atoms with Crippen molar-refractivity contribution in [1.29, 1.82) is 0 Å². The number of fused-ring (bicyclic) bond motifs is 1. The van der Waals surface area contributed by atoms with E-state index in [2.05, 4.69) is 40.3 Å². The number of nitrogens with zero attached hydrogens (tertiary/aromatic N) is 4. The summed E-state index contributed by atoms with van der Waals surface area (Å²) < 4.78 is 2.09. The minimum Gasteiger partial charge on any atom is -0.310 e. The summed E-state index contributed by atoms with van der Waals surface area (Å²) in [7, 11) is 2.11. The van der Waals surface area contributed by atoms with Crippen LogP contribution in [-0.4, -0.2) is 39.1 Å². The third-order valence-corrected chi connectivity index (χ3v) is 3.90. The van der Waals surface area contributed by atoms with Crippen molar-refractivity contribution in [3.05, 3.63) is 23.1 Å². The van der Waals surface area contributed by atoms with Gasteiger partial charge in [-0.3, -0.25) is 0 Å². The molecule has 110 valence electrons. The predicted octanol–water partition coefficient (Wildman–Crippen LogP) is 3.72. The molecule has 2 aromatic heterocycles.